The Bertz CT molecular complexity index is 507. The van der Waals surface area contributed by atoms with Gasteiger partial charge in [-0.25, -0.2) is 17.7 Å². The van der Waals surface area contributed by atoms with Crippen molar-refractivity contribution in [3.63, 3.8) is 0 Å². The van der Waals surface area contributed by atoms with Crippen molar-refractivity contribution >= 4 is 15.8 Å². The van der Waals surface area contributed by atoms with Gasteiger partial charge in [0, 0.05) is 26.3 Å². The van der Waals surface area contributed by atoms with Crippen molar-refractivity contribution in [3.8, 4) is 0 Å². The van der Waals surface area contributed by atoms with Crippen molar-refractivity contribution < 1.29 is 8.42 Å². The van der Waals surface area contributed by atoms with E-state index in [1.807, 2.05) is 0 Å². The van der Waals surface area contributed by atoms with Gasteiger partial charge in [0.2, 0.25) is 10.0 Å². The topological polar surface area (TPSA) is 62.3 Å². The van der Waals surface area contributed by atoms with E-state index in [1.165, 1.54) is 37.4 Å². The van der Waals surface area contributed by atoms with Gasteiger partial charge in [0.25, 0.3) is 0 Å². The second kappa shape index (κ2) is 4.85. The summed E-state index contributed by atoms with van der Waals surface area (Å²) in [6.45, 7) is 2.13. The van der Waals surface area contributed by atoms with E-state index in [0.717, 1.165) is 11.7 Å². The van der Waals surface area contributed by atoms with Crippen LogP contribution in [0.1, 0.15) is 19.8 Å². The first-order valence-electron chi connectivity index (χ1n) is 6.06. The lowest BCUT2D eigenvalue weighted by Crippen LogP contribution is -2.22. The molecule has 0 amide bonds. The molecule has 5 nitrogen and oxygen atoms in total. The van der Waals surface area contributed by atoms with Gasteiger partial charge in [0.05, 0.1) is 0 Å². The fourth-order valence-corrected chi connectivity index (χ4v) is 2.62. The standard InChI is InChI=1S/C12H19N3O2S/c1-9(10-4-5-10)14-12-7-6-11(8-13-12)18(16,17)15(2)3/h6-10H,4-5H2,1-3H3,(H,13,14). The molecule has 6 heteroatoms. The normalized spacial score (nSPS) is 17.8. The summed E-state index contributed by atoms with van der Waals surface area (Å²) in [6, 6.07) is 3.70. The van der Waals surface area contributed by atoms with Gasteiger partial charge in [0.1, 0.15) is 10.7 Å². The summed E-state index contributed by atoms with van der Waals surface area (Å²) >= 11 is 0. The maximum Gasteiger partial charge on any atom is 0.244 e. The summed E-state index contributed by atoms with van der Waals surface area (Å²) in [6.07, 6.45) is 3.93. The first-order chi connectivity index (χ1) is 8.41. The van der Waals surface area contributed by atoms with Crippen LogP contribution in [0.25, 0.3) is 0 Å². The van der Waals surface area contributed by atoms with E-state index in [1.54, 1.807) is 12.1 Å². The van der Waals surface area contributed by atoms with Crippen LogP contribution >= 0.6 is 0 Å². The van der Waals surface area contributed by atoms with Crippen LogP contribution in [0.15, 0.2) is 23.2 Å². The number of nitrogens with zero attached hydrogens (tertiary/aromatic N) is 2. The Hall–Kier alpha value is -1.14. The first kappa shape index (κ1) is 13.3. The minimum absolute atomic E-state index is 0.220. The molecule has 100 valence electrons. The monoisotopic (exact) mass is 269 g/mol. The van der Waals surface area contributed by atoms with Crippen molar-refractivity contribution in [3.05, 3.63) is 18.3 Å². The molecule has 1 aliphatic carbocycles. The van der Waals surface area contributed by atoms with Gasteiger partial charge >= 0.3 is 0 Å². The molecule has 0 bridgehead atoms. The van der Waals surface area contributed by atoms with Crippen molar-refractivity contribution in [1.82, 2.24) is 9.29 Å². The fraction of sp³-hybridized carbons (Fsp3) is 0.583. The minimum atomic E-state index is -3.38. The highest BCUT2D eigenvalue weighted by Gasteiger charge is 2.28. The largest absolute Gasteiger partial charge is 0.367 e. The molecule has 1 aromatic rings. The van der Waals surface area contributed by atoms with Crippen LogP contribution in [0, 0.1) is 5.92 Å². The van der Waals surface area contributed by atoms with Gasteiger partial charge < -0.3 is 5.32 Å². The number of nitrogens with one attached hydrogen (secondary N) is 1. The lowest BCUT2D eigenvalue weighted by atomic mass is 10.2. The predicted octanol–water partition coefficient (Wildman–Crippen LogP) is 1.54. The average molecular weight is 269 g/mol. The molecule has 1 aliphatic rings. The quantitative estimate of drug-likeness (QED) is 0.881. The van der Waals surface area contributed by atoms with Crippen LogP contribution in [-0.4, -0.2) is 37.8 Å². The summed E-state index contributed by atoms with van der Waals surface area (Å²) in [5, 5.41) is 3.29. The molecular formula is C12H19N3O2S. The second-order valence-electron chi connectivity index (χ2n) is 4.94. The van der Waals surface area contributed by atoms with E-state index in [0.29, 0.717) is 6.04 Å². The van der Waals surface area contributed by atoms with Crippen LogP contribution in [0.4, 0.5) is 5.82 Å². The van der Waals surface area contributed by atoms with Crippen molar-refractivity contribution in [2.45, 2.75) is 30.7 Å². The van der Waals surface area contributed by atoms with Gasteiger partial charge in [-0.15, -0.1) is 0 Å². The Balaban J connectivity index is 2.10. The highest BCUT2D eigenvalue weighted by molar-refractivity contribution is 7.89. The molecule has 18 heavy (non-hydrogen) atoms. The molecule has 0 radical (unpaired) electrons. The third-order valence-corrected chi connectivity index (χ3v) is 5.02. The molecule has 1 saturated carbocycles. The Morgan fingerprint density at radius 3 is 2.50 bits per heavy atom. The summed E-state index contributed by atoms with van der Waals surface area (Å²) in [4.78, 5) is 4.38. The molecule has 1 unspecified atom stereocenters. The minimum Gasteiger partial charge on any atom is -0.367 e. The Labute approximate surface area is 108 Å². The van der Waals surface area contributed by atoms with Gasteiger partial charge in [-0.05, 0) is 37.8 Å². The Morgan fingerprint density at radius 1 is 1.39 bits per heavy atom. The lowest BCUT2D eigenvalue weighted by molar-refractivity contribution is 0.520. The number of sulfonamides is 1. The summed E-state index contributed by atoms with van der Waals surface area (Å²) in [5.41, 5.74) is 0. The lowest BCUT2D eigenvalue weighted by Gasteiger charge is -2.14. The highest BCUT2D eigenvalue weighted by atomic mass is 32.2. The van der Waals surface area contributed by atoms with Gasteiger partial charge in [-0.3, -0.25) is 0 Å². The number of aromatic nitrogens is 1. The maximum atomic E-state index is 11.8. The summed E-state index contributed by atoms with van der Waals surface area (Å²) in [5.74, 6) is 1.46. The zero-order chi connectivity index (χ0) is 13.3. The molecule has 0 saturated heterocycles. The highest BCUT2D eigenvalue weighted by Crippen LogP contribution is 2.33. The van der Waals surface area contributed by atoms with E-state index < -0.39 is 10.0 Å². The van der Waals surface area contributed by atoms with Crippen molar-refractivity contribution in [2.75, 3.05) is 19.4 Å². The van der Waals surface area contributed by atoms with E-state index in [2.05, 4.69) is 17.2 Å². The summed E-state index contributed by atoms with van der Waals surface area (Å²) in [7, 11) is -0.362. The number of pyridine rings is 1. The molecule has 1 N–H and O–H groups in total. The van der Waals surface area contributed by atoms with Crippen LogP contribution in [0.3, 0.4) is 0 Å². The number of hydrogen-bond donors (Lipinski definition) is 1. The molecule has 2 rings (SSSR count). The third kappa shape index (κ3) is 2.81. The van der Waals surface area contributed by atoms with E-state index in [-0.39, 0.29) is 4.90 Å². The molecular weight excluding hydrogens is 250 g/mol. The molecule has 0 aromatic carbocycles. The first-order valence-corrected chi connectivity index (χ1v) is 7.50. The van der Waals surface area contributed by atoms with Crippen LogP contribution < -0.4 is 5.32 Å². The maximum absolute atomic E-state index is 11.8. The number of anilines is 1. The van der Waals surface area contributed by atoms with E-state index in [4.69, 9.17) is 0 Å². The zero-order valence-corrected chi connectivity index (χ0v) is 11.7. The van der Waals surface area contributed by atoms with Gasteiger partial charge in [0.15, 0.2) is 0 Å². The fourth-order valence-electron chi connectivity index (χ4n) is 1.78. The van der Waals surface area contributed by atoms with Crippen molar-refractivity contribution in [1.29, 1.82) is 0 Å². The zero-order valence-electron chi connectivity index (χ0n) is 10.9. The summed E-state index contributed by atoms with van der Waals surface area (Å²) < 4.78 is 24.9. The molecule has 0 spiro atoms. The Kier molecular flexibility index (Phi) is 3.59. The van der Waals surface area contributed by atoms with Crippen LogP contribution in [-0.2, 0) is 10.0 Å². The van der Waals surface area contributed by atoms with Gasteiger partial charge in [-0.1, -0.05) is 0 Å². The van der Waals surface area contributed by atoms with Crippen LogP contribution in [0.5, 0.6) is 0 Å². The third-order valence-electron chi connectivity index (χ3n) is 3.22. The smallest absolute Gasteiger partial charge is 0.244 e. The van der Waals surface area contributed by atoms with E-state index >= 15 is 0 Å². The number of hydrogen-bond acceptors (Lipinski definition) is 4. The van der Waals surface area contributed by atoms with Crippen molar-refractivity contribution in [2.24, 2.45) is 5.92 Å². The second-order valence-corrected chi connectivity index (χ2v) is 7.09. The molecule has 1 aromatic heterocycles. The predicted molar refractivity (Wildman–Crippen MR) is 70.9 cm³/mol. The SMILES string of the molecule is CC(Nc1ccc(S(=O)(=O)N(C)C)cn1)C1CC1. The van der Waals surface area contributed by atoms with E-state index in [9.17, 15) is 8.42 Å². The number of rotatable bonds is 5. The average Bonchev–Trinajstić information content (AvgIpc) is 3.13. The Morgan fingerprint density at radius 2 is 2.06 bits per heavy atom. The molecule has 0 aliphatic heterocycles. The van der Waals surface area contributed by atoms with Crippen LogP contribution in [0.2, 0.25) is 0 Å². The molecule has 1 fully saturated rings. The van der Waals surface area contributed by atoms with Gasteiger partial charge in [-0.2, -0.15) is 0 Å². The molecule has 1 atom stereocenters. The molecule has 1 heterocycles.